The zero-order valence-electron chi connectivity index (χ0n) is 6.63. The molecule has 0 heterocycles. The van der Waals surface area contributed by atoms with Crippen molar-refractivity contribution in [3.63, 3.8) is 0 Å². The molecular formula is C10H11O. The topological polar surface area (TPSA) is 17.1 Å². The van der Waals surface area contributed by atoms with Crippen LogP contribution in [0.5, 0.6) is 0 Å². The Morgan fingerprint density at radius 3 is 2.82 bits per heavy atom. The van der Waals surface area contributed by atoms with Crippen LogP contribution < -0.4 is 0 Å². The number of rotatable bonds is 2. The van der Waals surface area contributed by atoms with Gasteiger partial charge in [-0.25, -0.2) is 0 Å². The van der Waals surface area contributed by atoms with Gasteiger partial charge in [0.05, 0.1) is 0 Å². The number of carbonyl (C=O) groups is 1. The Hall–Kier alpha value is -1.11. The van der Waals surface area contributed by atoms with Crippen LogP contribution in [0, 0.1) is 6.92 Å². The minimum absolute atomic E-state index is 0.111. The molecule has 0 aliphatic carbocycles. The summed E-state index contributed by atoms with van der Waals surface area (Å²) in [5.41, 5.74) is 1.88. The van der Waals surface area contributed by atoms with Gasteiger partial charge in [0.25, 0.3) is 0 Å². The lowest BCUT2D eigenvalue weighted by molar-refractivity contribution is 0.104. The van der Waals surface area contributed by atoms with E-state index in [0.29, 0.717) is 5.56 Å². The molecule has 1 radical (unpaired) electrons. The number of hydrogen-bond acceptors (Lipinski definition) is 1. The van der Waals surface area contributed by atoms with Crippen molar-refractivity contribution in [2.75, 3.05) is 0 Å². The van der Waals surface area contributed by atoms with Gasteiger partial charge in [0.15, 0.2) is 5.78 Å². The number of hydrogen-bond donors (Lipinski definition) is 0. The van der Waals surface area contributed by atoms with Crippen LogP contribution in [0.15, 0.2) is 24.3 Å². The Kier molecular flexibility index (Phi) is 2.42. The Morgan fingerprint density at radius 1 is 1.55 bits per heavy atom. The van der Waals surface area contributed by atoms with Gasteiger partial charge in [0.2, 0.25) is 0 Å². The monoisotopic (exact) mass is 147 g/mol. The Morgan fingerprint density at radius 2 is 2.27 bits per heavy atom. The van der Waals surface area contributed by atoms with Crippen molar-refractivity contribution in [3.05, 3.63) is 42.3 Å². The van der Waals surface area contributed by atoms with Crippen molar-refractivity contribution in [2.45, 2.75) is 13.3 Å². The van der Waals surface area contributed by atoms with E-state index in [0.717, 1.165) is 6.42 Å². The van der Waals surface area contributed by atoms with Crippen LogP contribution in [0.4, 0.5) is 0 Å². The molecule has 11 heavy (non-hydrogen) atoms. The van der Waals surface area contributed by atoms with Gasteiger partial charge < -0.3 is 0 Å². The zero-order valence-corrected chi connectivity index (χ0v) is 6.63. The Balaban J connectivity index is 3.01. The number of aryl methyl sites for hydroxylation is 1. The molecule has 0 saturated heterocycles. The molecule has 0 bridgehead atoms. The summed E-state index contributed by atoms with van der Waals surface area (Å²) in [5, 5.41) is 0. The lowest BCUT2D eigenvalue weighted by Crippen LogP contribution is -1.92. The fourth-order valence-electron chi connectivity index (χ4n) is 0.965. The molecule has 0 amide bonds. The highest BCUT2D eigenvalue weighted by Crippen LogP contribution is 2.05. The summed E-state index contributed by atoms with van der Waals surface area (Å²) in [6.07, 6.45) is 0.959. The molecule has 0 atom stereocenters. The quantitative estimate of drug-likeness (QED) is 0.586. The van der Waals surface area contributed by atoms with Crippen LogP contribution >= 0.6 is 0 Å². The number of ketones is 1. The molecule has 0 saturated carbocycles. The maximum atomic E-state index is 10.8. The van der Waals surface area contributed by atoms with Gasteiger partial charge in [0, 0.05) is 12.5 Å². The predicted octanol–water partition coefficient (Wildman–Crippen LogP) is 2.27. The van der Waals surface area contributed by atoms with Crippen molar-refractivity contribution < 1.29 is 4.79 Å². The highest BCUT2D eigenvalue weighted by molar-refractivity contribution is 5.99. The minimum Gasteiger partial charge on any atom is -0.294 e. The smallest absolute Gasteiger partial charge is 0.163 e. The minimum atomic E-state index is -0.111. The molecular weight excluding hydrogens is 136 g/mol. The van der Waals surface area contributed by atoms with Crippen molar-refractivity contribution in [2.24, 2.45) is 0 Å². The maximum absolute atomic E-state index is 10.8. The average Bonchev–Trinajstić information content (AvgIpc) is 2.05. The first-order chi connectivity index (χ1) is 5.24. The van der Waals surface area contributed by atoms with Crippen LogP contribution in [0.2, 0.25) is 0 Å². The predicted molar refractivity (Wildman–Crippen MR) is 45.5 cm³/mol. The summed E-state index contributed by atoms with van der Waals surface area (Å²) >= 11 is 0. The number of Topliss-reactive ketones (excluding diaryl/α,β-unsaturated/α-hetero) is 1. The van der Waals surface area contributed by atoms with Crippen molar-refractivity contribution in [3.8, 4) is 0 Å². The molecule has 57 valence electrons. The van der Waals surface area contributed by atoms with E-state index in [1.165, 1.54) is 5.56 Å². The summed E-state index contributed by atoms with van der Waals surface area (Å²) in [7, 11) is 0. The normalized spacial score (nSPS) is 9.64. The van der Waals surface area contributed by atoms with Crippen molar-refractivity contribution >= 4 is 5.78 Å². The molecule has 0 unspecified atom stereocenters. The number of carbonyl (C=O) groups excluding carboxylic acids is 1. The SMILES string of the molecule is [CH2]C(=O)c1cccc(CC)c1. The molecule has 0 aromatic heterocycles. The van der Waals surface area contributed by atoms with E-state index in [4.69, 9.17) is 0 Å². The molecule has 1 rings (SSSR count). The van der Waals surface area contributed by atoms with Crippen LogP contribution in [0.1, 0.15) is 22.8 Å². The van der Waals surface area contributed by atoms with E-state index in [1.54, 1.807) is 6.07 Å². The van der Waals surface area contributed by atoms with Gasteiger partial charge in [-0.1, -0.05) is 25.1 Å². The van der Waals surface area contributed by atoms with E-state index in [1.807, 2.05) is 18.2 Å². The first-order valence-corrected chi connectivity index (χ1v) is 3.69. The third kappa shape index (κ3) is 1.90. The molecule has 1 aromatic carbocycles. The highest BCUT2D eigenvalue weighted by Gasteiger charge is 1.97. The molecule has 0 spiro atoms. The summed E-state index contributed by atoms with van der Waals surface area (Å²) in [5.74, 6) is -0.111. The number of benzene rings is 1. The Bertz CT molecular complexity index is 263. The third-order valence-corrected chi connectivity index (χ3v) is 1.66. The average molecular weight is 147 g/mol. The second-order valence-corrected chi connectivity index (χ2v) is 2.48. The molecule has 1 heteroatoms. The summed E-state index contributed by atoms with van der Waals surface area (Å²) in [6, 6.07) is 7.56. The fourth-order valence-corrected chi connectivity index (χ4v) is 0.965. The molecule has 0 aliphatic rings. The zero-order chi connectivity index (χ0) is 8.27. The van der Waals surface area contributed by atoms with Gasteiger partial charge in [-0.05, 0) is 18.1 Å². The van der Waals surface area contributed by atoms with E-state index in [-0.39, 0.29) is 5.78 Å². The van der Waals surface area contributed by atoms with Crippen LogP contribution in [0.25, 0.3) is 0 Å². The van der Waals surface area contributed by atoms with Crippen molar-refractivity contribution in [1.29, 1.82) is 0 Å². The third-order valence-electron chi connectivity index (χ3n) is 1.66. The molecule has 1 nitrogen and oxygen atoms in total. The first-order valence-electron chi connectivity index (χ1n) is 3.69. The summed E-state index contributed by atoms with van der Waals surface area (Å²) in [4.78, 5) is 10.8. The Labute approximate surface area is 67.1 Å². The maximum Gasteiger partial charge on any atom is 0.163 e. The van der Waals surface area contributed by atoms with Gasteiger partial charge in [-0.3, -0.25) is 4.79 Å². The van der Waals surface area contributed by atoms with Gasteiger partial charge in [-0.2, -0.15) is 0 Å². The molecule has 0 fully saturated rings. The van der Waals surface area contributed by atoms with Crippen LogP contribution in [0.3, 0.4) is 0 Å². The second-order valence-electron chi connectivity index (χ2n) is 2.48. The molecule has 1 aromatic rings. The van der Waals surface area contributed by atoms with Crippen molar-refractivity contribution in [1.82, 2.24) is 0 Å². The van der Waals surface area contributed by atoms with E-state index >= 15 is 0 Å². The van der Waals surface area contributed by atoms with E-state index in [2.05, 4.69) is 13.8 Å². The standard InChI is InChI=1S/C10H11O/c1-3-9-5-4-6-10(7-9)8(2)11/h4-7H,2-3H2,1H3. The summed E-state index contributed by atoms with van der Waals surface area (Å²) < 4.78 is 0. The van der Waals surface area contributed by atoms with Crippen LogP contribution in [-0.2, 0) is 6.42 Å². The van der Waals surface area contributed by atoms with Gasteiger partial charge >= 0.3 is 0 Å². The second kappa shape index (κ2) is 3.33. The lowest BCUT2D eigenvalue weighted by atomic mass is 10.1. The molecule has 0 N–H and O–H groups in total. The van der Waals surface area contributed by atoms with Gasteiger partial charge in [-0.15, -0.1) is 0 Å². The van der Waals surface area contributed by atoms with Gasteiger partial charge in [0.1, 0.15) is 0 Å². The van der Waals surface area contributed by atoms with E-state index < -0.39 is 0 Å². The fraction of sp³-hybridized carbons (Fsp3) is 0.200. The van der Waals surface area contributed by atoms with Crippen LogP contribution in [-0.4, -0.2) is 5.78 Å². The highest BCUT2D eigenvalue weighted by atomic mass is 16.1. The molecule has 0 aliphatic heterocycles. The summed E-state index contributed by atoms with van der Waals surface area (Å²) in [6.45, 7) is 5.41. The first kappa shape index (κ1) is 7.99. The largest absolute Gasteiger partial charge is 0.294 e. The lowest BCUT2D eigenvalue weighted by Gasteiger charge is -1.97. The van der Waals surface area contributed by atoms with E-state index in [9.17, 15) is 4.79 Å².